The quantitative estimate of drug-likeness (QED) is 0.426. The molecule has 31 heavy (non-hydrogen) atoms. The molecule has 0 spiro atoms. The van der Waals surface area contributed by atoms with Crippen LogP contribution in [-0.4, -0.2) is 17.7 Å². The fourth-order valence-electron chi connectivity index (χ4n) is 4.74. The molecule has 4 aromatic carbocycles. The van der Waals surface area contributed by atoms with Crippen LogP contribution in [0.15, 0.2) is 109 Å². The summed E-state index contributed by atoms with van der Waals surface area (Å²) in [5.41, 5.74) is 5.30. The molecule has 0 aromatic heterocycles. The van der Waals surface area contributed by atoms with Crippen molar-refractivity contribution >= 4 is 0 Å². The second-order valence-electron chi connectivity index (χ2n) is 8.31. The molecule has 2 nitrogen and oxygen atoms in total. The van der Waals surface area contributed by atoms with E-state index in [2.05, 4.69) is 102 Å². The highest BCUT2D eigenvalue weighted by molar-refractivity contribution is 5.67. The Bertz CT molecular complexity index is 1060. The van der Waals surface area contributed by atoms with Gasteiger partial charge in [0.15, 0.2) is 0 Å². The average molecular weight is 406 g/mol. The zero-order valence-corrected chi connectivity index (χ0v) is 17.5. The van der Waals surface area contributed by atoms with Crippen LogP contribution in [0, 0.1) is 0 Å². The zero-order valence-electron chi connectivity index (χ0n) is 17.5. The van der Waals surface area contributed by atoms with E-state index in [0.717, 1.165) is 52.8 Å². The maximum absolute atomic E-state index is 12.3. The summed E-state index contributed by atoms with van der Waals surface area (Å²) in [5, 5.41) is 15.9. The molecular formula is C29H27NO. The Morgan fingerprint density at radius 1 is 0.613 bits per heavy atom. The molecule has 1 heterocycles. The van der Waals surface area contributed by atoms with E-state index in [1.54, 1.807) is 0 Å². The number of nitrogens with one attached hydrogen (secondary N) is 1. The summed E-state index contributed by atoms with van der Waals surface area (Å²) in [6, 6.07) is 37.4. The Hall–Kier alpha value is -3.20. The van der Waals surface area contributed by atoms with Gasteiger partial charge in [0.05, 0.1) is 0 Å². The van der Waals surface area contributed by atoms with Crippen molar-refractivity contribution in [2.45, 2.75) is 24.5 Å². The third-order valence-corrected chi connectivity index (χ3v) is 6.38. The molecule has 154 valence electrons. The Morgan fingerprint density at radius 2 is 1.10 bits per heavy atom. The molecule has 1 atom stereocenters. The molecule has 5 rings (SSSR count). The Kier molecular flexibility index (Phi) is 5.42. The number of rotatable bonds is 5. The summed E-state index contributed by atoms with van der Waals surface area (Å²) in [6.45, 7) is 0.934. The smallest absolute Gasteiger partial charge is 0.130 e. The van der Waals surface area contributed by atoms with Crippen LogP contribution in [0.2, 0.25) is 0 Å². The number of aliphatic hydroxyl groups is 1. The summed E-state index contributed by atoms with van der Waals surface area (Å²) in [6.07, 6.45) is 2.02. The van der Waals surface area contributed by atoms with Gasteiger partial charge >= 0.3 is 0 Å². The lowest BCUT2D eigenvalue weighted by Gasteiger charge is -2.36. The summed E-state index contributed by atoms with van der Waals surface area (Å²) in [7, 11) is 0. The first kappa shape index (κ1) is 19.7. The summed E-state index contributed by atoms with van der Waals surface area (Å²) in [5.74, 6) is 0. The van der Waals surface area contributed by atoms with E-state index in [9.17, 15) is 5.11 Å². The minimum atomic E-state index is -1.11. The second kappa shape index (κ2) is 8.50. The minimum absolute atomic E-state index is 0.0236. The van der Waals surface area contributed by atoms with Gasteiger partial charge in [-0.1, -0.05) is 97.1 Å². The van der Waals surface area contributed by atoms with Crippen molar-refractivity contribution in [1.29, 1.82) is 0 Å². The van der Waals surface area contributed by atoms with Gasteiger partial charge in [0.2, 0.25) is 0 Å². The van der Waals surface area contributed by atoms with Crippen molar-refractivity contribution < 1.29 is 5.11 Å². The Labute approximate surface area is 184 Å². The Balaban J connectivity index is 1.63. The molecule has 0 saturated carbocycles. The highest BCUT2D eigenvalue weighted by atomic mass is 16.3. The molecule has 4 aromatic rings. The lowest BCUT2D eigenvalue weighted by molar-refractivity contribution is 0.0443. The lowest BCUT2D eigenvalue weighted by Crippen LogP contribution is -2.46. The third kappa shape index (κ3) is 3.81. The van der Waals surface area contributed by atoms with Gasteiger partial charge in [0.25, 0.3) is 0 Å². The van der Waals surface area contributed by atoms with Gasteiger partial charge in [0, 0.05) is 6.04 Å². The van der Waals surface area contributed by atoms with E-state index < -0.39 is 5.60 Å². The molecular weight excluding hydrogens is 378 g/mol. The molecule has 1 saturated heterocycles. The van der Waals surface area contributed by atoms with E-state index in [1.165, 1.54) is 0 Å². The molecule has 1 unspecified atom stereocenters. The number of hydrogen-bond donors (Lipinski definition) is 2. The van der Waals surface area contributed by atoms with Crippen molar-refractivity contribution in [1.82, 2.24) is 5.32 Å². The van der Waals surface area contributed by atoms with Crippen molar-refractivity contribution in [3.63, 3.8) is 0 Å². The maximum atomic E-state index is 12.3. The Morgan fingerprint density at radius 3 is 1.55 bits per heavy atom. The van der Waals surface area contributed by atoms with Gasteiger partial charge in [0.1, 0.15) is 5.60 Å². The SMILES string of the molecule is OC(c1cccc(-c2ccccc2)c1)(c1cccc(-c2ccccc2)c1)C1CCCN1. The molecule has 1 aliphatic heterocycles. The number of benzene rings is 4. The van der Waals surface area contributed by atoms with Crippen LogP contribution < -0.4 is 5.32 Å². The zero-order chi connectivity index (χ0) is 21.1. The molecule has 1 fully saturated rings. The van der Waals surface area contributed by atoms with Crippen molar-refractivity contribution in [3.05, 3.63) is 120 Å². The van der Waals surface area contributed by atoms with E-state index in [-0.39, 0.29) is 6.04 Å². The third-order valence-electron chi connectivity index (χ3n) is 6.38. The van der Waals surface area contributed by atoms with Crippen LogP contribution in [0.5, 0.6) is 0 Å². The van der Waals surface area contributed by atoms with Crippen molar-refractivity contribution in [2.75, 3.05) is 6.54 Å². The van der Waals surface area contributed by atoms with Gasteiger partial charge in [-0.25, -0.2) is 0 Å². The van der Waals surface area contributed by atoms with E-state index in [1.807, 2.05) is 12.1 Å². The largest absolute Gasteiger partial charge is 0.379 e. The van der Waals surface area contributed by atoms with Gasteiger partial charge in [-0.05, 0) is 64.9 Å². The first-order chi connectivity index (χ1) is 15.2. The molecule has 2 heteroatoms. The molecule has 0 aliphatic carbocycles. The molecule has 0 radical (unpaired) electrons. The first-order valence-electron chi connectivity index (χ1n) is 11.0. The highest BCUT2D eigenvalue weighted by Gasteiger charge is 2.41. The minimum Gasteiger partial charge on any atom is -0.379 e. The maximum Gasteiger partial charge on any atom is 0.130 e. The van der Waals surface area contributed by atoms with E-state index in [4.69, 9.17) is 0 Å². The fraction of sp³-hybridized carbons (Fsp3) is 0.172. The van der Waals surface area contributed by atoms with Crippen LogP contribution in [-0.2, 0) is 5.60 Å². The van der Waals surface area contributed by atoms with Gasteiger partial charge < -0.3 is 10.4 Å². The highest BCUT2D eigenvalue weighted by Crippen LogP contribution is 2.39. The fourth-order valence-corrected chi connectivity index (χ4v) is 4.74. The van der Waals surface area contributed by atoms with Gasteiger partial charge in [-0.2, -0.15) is 0 Å². The first-order valence-corrected chi connectivity index (χ1v) is 11.0. The van der Waals surface area contributed by atoms with Crippen LogP contribution in [0.3, 0.4) is 0 Å². The van der Waals surface area contributed by atoms with Crippen molar-refractivity contribution in [2.24, 2.45) is 0 Å². The normalized spacial score (nSPS) is 16.4. The predicted molar refractivity (Wildman–Crippen MR) is 128 cm³/mol. The van der Waals surface area contributed by atoms with Crippen LogP contribution in [0.4, 0.5) is 0 Å². The summed E-state index contributed by atoms with van der Waals surface area (Å²) < 4.78 is 0. The monoisotopic (exact) mass is 405 g/mol. The van der Waals surface area contributed by atoms with Crippen LogP contribution >= 0.6 is 0 Å². The van der Waals surface area contributed by atoms with E-state index >= 15 is 0 Å². The van der Waals surface area contributed by atoms with E-state index in [0.29, 0.717) is 0 Å². The number of hydrogen-bond acceptors (Lipinski definition) is 2. The van der Waals surface area contributed by atoms with Crippen LogP contribution in [0.1, 0.15) is 24.0 Å². The standard InChI is InChI=1S/C29H27NO/c31-29(28-18-9-19-30-28,26-16-7-14-24(20-26)22-10-3-1-4-11-22)27-17-8-15-25(21-27)23-12-5-2-6-13-23/h1-8,10-17,20-21,28,30-31H,9,18-19H2. The summed E-state index contributed by atoms with van der Waals surface area (Å²) in [4.78, 5) is 0. The molecule has 1 aliphatic rings. The topological polar surface area (TPSA) is 32.3 Å². The summed E-state index contributed by atoms with van der Waals surface area (Å²) >= 11 is 0. The van der Waals surface area contributed by atoms with Gasteiger partial charge in [-0.15, -0.1) is 0 Å². The second-order valence-corrected chi connectivity index (χ2v) is 8.31. The van der Waals surface area contributed by atoms with Gasteiger partial charge in [-0.3, -0.25) is 0 Å². The van der Waals surface area contributed by atoms with Crippen molar-refractivity contribution in [3.8, 4) is 22.3 Å². The molecule has 2 N–H and O–H groups in total. The molecule has 0 amide bonds. The van der Waals surface area contributed by atoms with Crippen LogP contribution in [0.25, 0.3) is 22.3 Å². The lowest BCUT2D eigenvalue weighted by atomic mass is 9.78. The average Bonchev–Trinajstić information content (AvgIpc) is 3.40. The molecule has 0 bridgehead atoms. The predicted octanol–water partition coefficient (Wildman–Crippen LogP) is 6.01.